The molecule has 1 rings (SSSR count). The Kier molecular flexibility index (Phi) is 2.93. The average Bonchev–Trinajstić information content (AvgIpc) is 2.10. The second kappa shape index (κ2) is 3.96. The molecule has 3 heteroatoms. The van der Waals surface area contributed by atoms with E-state index in [1.165, 1.54) is 0 Å². The number of hydrogen-bond donors (Lipinski definition) is 3. The standard InChI is InChI=1S/C10H14N2O/c1-2-3-8(11)7-4-5-9(12)10(13)6-7/h2,4-6,8,13H,1,3,11-12H2/t8-/m1/s1. The minimum Gasteiger partial charge on any atom is -0.506 e. The van der Waals surface area contributed by atoms with Crippen molar-refractivity contribution in [3.63, 3.8) is 0 Å². The van der Waals surface area contributed by atoms with Crippen LogP contribution in [0.25, 0.3) is 0 Å². The van der Waals surface area contributed by atoms with E-state index in [9.17, 15) is 5.11 Å². The summed E-state index contributed by atoms with van der Waals surface area (Å²) in [6.45, 7) is 3.60. The van der Waals surface area contributed by atoms with E-state index < -0.39 is 0 Å². The van der Waals surface area contributed by atoms with E-state index in [0.29, 0.717) is 12.1 Å². The molecule has 0 heterocycles. The highest BCUT2D eigenvalue weighted by Crippen LogP contribution is 2.24. The molecule has 0 unspecified atom stereocenters. The third-order valence-corrected chi connectivity index (χ3v) is 1.90. The lowest BCUT2D eigenvalue weighted by Gasteiger charge is -2.10. The van der Waals surface area contributed by atoms with Gasteiger partial charge in [0.05, 0.1) is 5.69 Å². The zero-order valence-corrected chi connectivity index (χ0v) is 7.40. The van der Waals surface area contributed by atoms with Crippen LogP contribution in [0.4, 0.5) is 5.69 Å². The number of nitrogens with two attached hydrogens (primary N) is 2. The van der Waals surface area contributed by atoms with Crippen LogP contribution in [0.15, 0.2) is 30.9 Å². The first-order chi connectivity index (χ1) is 6.15. The molecule has 1 aromatic carbocycles. The number of nitrogen functional groups attached to an aromatic ring is 1. The van der Waals surface area contributed by atoms with Gasteiger partial charge in [-0.05, 0) is 24.1 Å². The first-order valence-electron chi connectivity index (χ1n) is 4.10. The van der Waals surface area contributed by atoms with Gasteiger partial charge in [0.25, 0.3) is 0 Å². The molecule has 13 heavy (non-hydrogen) atoms. The summed E-state index contributed by atoms with van der Waals surface area (Å²) in [5.41, 5.74) is 12.5. The van der Waals surface area contributed by atoms with Crippen LogP contribution in [0.3, 0.4) is 0 Å². The molecule has 0 aliphatic rings. The van der Waals surface area contributed by atoms with Gasteiger partial charge in [0.15, 0.2) is 0 Å². The molecule has 1 aromatic rings. The molecule has 0 aliphatic heterocycles. The maximum atomic E-state index is 9.31. The monoisotopic (exact) mass is 178 g/mol. The van der Waals surface area contributed by atoms with Crippen LogP contribution in [0, 0.1) is 0 Å². The zero-order valence-electron chi connectivity index (χ0n) is 7.40. The molecule has 70 valence electrons. The van der Waals surface area contributed by atoms with Gasteiger partial charge in [-0.15, -0.1) is 6.58 Å². The Morgan fingerprint density at radius 1 is 1.54 bits per heavy atom. The summed E-state index contributed by atoms with van der Waals surface area (Å²) in [5, 5.41) is 9.31. The fourth-order valence-electron chi connectivity index (χ4n) is 1.11. The SMILES string of the molecule is C=CC[C@@H](N)c1ccc(N)c(O)c1. The molecule has 0 saturated carbocycles. The molecule has 0 amide bonds. The molecule has 1 atom stereocenters. The Balaban J connectivity index is 2.89. The molecule has 0 aliphatic carbocycles. The lowest BCUT2D eigenvalue weighted by Crippen LogP contribution is -2.08. The quantitative estimate of drug-likeness (QED) is 0.373. The Bertz CT molecular complexity index is 310. The van der Waals surface area contributed by atoms with Crippen LogP contribution in [0.5, 0.6) is 5.75 Å². The fraction of sp³-hybridized carbons (Fsp3) is 0.200. The molecular weight excluding hydrogens is 164 g/mol. The Hall–Kier alpha value is -1.48. The van der Waals surface area contributed by atoms with Crippen molar-refractivity contribution in [2.24, 2.45) is 5.73 Å². The van der Waals surface area contributed by atoms with Crippen molar-refractivity contribution in [3.8, 4) is 5.75 Å². The zero-order chi connectivity index (χ0) is 9.84. The first kappa shape index (κ1) is 9.61. The normalized spacial score (nSPS) is 12.4. The molecular formula is C10H14N2O. The molecule has 0 bridgehead atoms. The maximum absolute atomic E-state index is 9.31. The third-order valence-electron chi connectivity index (χ3n) is 1.90. The van der Waals surface area contributed by atoms with E-state index in [1.54, 1.807) is 18.2 Å². The van der Waals surface area contributed by atoms with Crippen molar-refractivity contribution >= 4 is 5.69 Å². The molecule has 0 fully saturated rings. The highest BCUT2D eigenvalue weighted by Gasteiger charge is 2.05. The summed E-state index contributed by atoms with van der Waals surface area (Å²) in [6, 6.07) is 4.92. The van der Waals surface area contributed by atoms with E-state index in [2.05, 4.69) is 6.58 Å². The van der Waals surface area contributed by atoms with Crippen molar-refractivity contribution < 1.29 is 5.11 Å². The third kappa shape index (κ3) is 2.23. The Labute approximate surface area is 77.7 Å². The molecule has 0 radical (unpaired) electrons. The van der Waals surface area contributed by atoms with Gasteiger partial charge in [0.1, 0.15) is 5.75 Å². The Morgan fingerprint density at radius 3 is 2.77 bits per heavy atom. The summed E-state index contributed by atoms with van der Waals surface area (Å²) < 4.78 is 0. The topological polar surface area (TPSA) is 72.3 Å². The molecule has 0 aromatic heterocycles. The number of hydrogen-bond acceptors (Lipinski definition) is 3. The van der Waals surface area contributed by atoms with Crippen LogP contribution in [-0.2, 0) is 0 Å². The second-order valence-corrected chi connectivity index (χ2v) is 2.95. The van der Waals surface area contributed by atoms with E-state index in [1.807, 2.05) is 6.07 Å². The van der Waals surface area contributed by atoms with Crippen LogP contribution in [0.1, 0.15) is 18.0 Å². The van der Waals surface area contributed by atoms with Gasteiger partial charge in [-0.25, -0.2) is 0 Å². The van der Waals surface area contributed by atoms with Gasteiger partial charge in [-0.1, -0.05) is 12.1 Å². The highest BCUT2D eigenvalue weighted by atomic mass is 16.3. The van der Waals surface area contributed by atoms with Crippen molar-refractivity contribution in [2.75, 3.05) is 5.73 Å². The minimum atomic E-state index is -0.121. The fourth-order valence-corrected chi connectivity index (χ4v) is 1.11. The van der Waals surface area contributed by atoms with E-state index in [-0.39, 0.29) is 11.8 Å². The summed E-state index contributed by atoms with van der Waals surface area (Å²) >= 11 is 0. The summed E-state index contributed by atoms with van der Waals surface area (Å²) in [4.78, 5) is 0. The van der Waals surface area contributed by atoms with Crippen molar-refractivity contribution in [1.29, 1.82) is 0 Å². The molecule has 5 N–H and O–H groups in total. The number of phenols is 1. The van der Waals surface area contributed by atoms with E-state index >= 15 is 0 Å². The van der Waals surface area contributed by atoms with Crippen LogP contribution < -0.4 is 11.5 Å². The van der Waals surface area contributed by atoms with Crippen molar-refractivity contribution in [1.82, 2.24) is 0 Å². The Morgan fingerprint density at radius 2 is 2.23 bits per heavy atom. The van der Waals surface area contributed by atoms with Gasteiger partial charge in [-0.3, -0.25) is 0 Å². The van der Waals surface area contributed by atoms with Crippen LogP contribution in [0.2, 0.25) is 0 Å². The predicted octanol–water partition coefficient (Wildman–Crippen LogP) is 1.55. The van der Waals surface area contributed by atoms with Gasteiger partial charge < -0.3 is 16.6 Å². The lowest BCUT2D eigenvalue weighted by molar-refractivity contribution is 0.476. The van der Waals surface area contributed by atoms with Gasteiger partial charge in [-0.2, -0.15) is 0 Å². The van der Waals surface area contributed by atoms with E-state index in [0.717, 1.165) is 5.56 Å². The lowest BCUT2D eigenvalue weighted by atomic mass is 10.0. The summed E-state index contributed by atoms with van der Waals surface area (Å²) in [5.74, 6) is 0.0806. The summed E-state index contributed by atoms with van der Waals surface area (Å²) in [7, 11) is 0. The van der Waals surface area contributed by atoms with Gasteiger partial charge in [0, 0.05) is 6.04 Å². The maximum Gasteiger partial charge on any atom is 0.138 e. The van der Waals surface area contributed by atoms with Crippen LogP contribution >= 0.6 is 0 Å². The minimum absolute atomic E-state index is 0.0806. The highest BCUT2D eigenvalue weighted by molar-refractivity contribution is 5.53. The largest absolute Gasteiger partial charge is 0.506 e. The van der Waals surface area contributed by atoms with Gasteiger partial charge in [0.2, 0.25) is 0 Å². The van der Waals surface area contributed by atoms with Crippen molar-refractivity contribution in [2.45, 2.75) is 12.5 Å². The number of anilines is 1. The summed E-state index contributed by atoms with van der Waals surface area (Å²) in [6.07, 6.45) is 2.43. The number of aromatic hydroxyl groups is 1. The van der Waals surface area contributed by atoms with Crippen LogP contribution in [-0.4, -0.2) is 5.11 Å². The predicted molar refractivity (Wildman–Crippen MR) is 54.3 cm³/mol. The molecule has 0 saturated heterocycles. The first-order valence-corrected chi connectivity index (χ1v) is 4.10. The number of benzene rings is 1. The van der Waals surface area contributed by atoms with E-state index in [4.69, 9.17) is 11.5 Å². The van der Waals surface area contributed by atoms with Crippen molar-refractivity contribution in [3.05, 3.63) is 36.4 Å². The number of phenolic OH excluding ortho intramolecular Hbond substituents is 1. The average molecular weight is 178 g/mol. The molecule has 0 spiro atoms. The second-order valence-electron chi connectivity index (χ2n) is 2.95. The smallest absolute Gasteiger partial charge is 0.138 e. The van der Waals surface area contributed by atoms with Gasteiger partial charge >= 0.3 is 0 Å². The number of rotatable bonds is 3. The molecule has 3 nitrogen and oxygen atoms in total.